The van der Waals surface area contributed by atoms with Gasteiger partial charge in [-0.2, -0.15) is 0 Å². The number of hydrogen-bond acceptors (Lipinski definition) is 3. The molecular weight excluding hydrogens is 291 g/mol. The third-order valence-electron chi connectivity index (χ3n) is 2.02. The smallest absolute Gasteiger partial charge is 0.213 e. The average Bonchev–Trinajstić information content (AvgIpc) is 2.23. The molecule has 1 aromatic carbocycles. The second-order valence-electron chi connectivity index (χ2n) is 2.89. The first-order chi connectivity index (χ1) is 6.72. The molecule has 14 heavy (non-hydrogen) atoms. The van der Waals surface area contributed by atoms with E-state index in [-0.39, 0.29) is 0 Å². The van der Waals surface area contributed by atoms with Crippen molar-refractivity contribution in [1.29, 1.82) is 0 Å². The topological polar surface area (TPSA) is 48.1 Å². The third-order valence-corrected chi connectivity index (χ3v) is 2.96. The van der Waals surface area contributed by atoms with Gasteiger partial charge in [0.25, 0.3) is 0 Å². The molecule has 72 valence electrons. The van der Waals surface area contributed by atoms with Crippen LogP contribution in [-0.4, -0.2) is 12.1 Å². The molecule has 0 saturated carbocycles. The fourth-order valence-electron chi connectivity index (χ4n) is 1.30. The van der Waals surface area contributed by atoms with Gasteiger partial charge in [0.1, 0.15) is 0 Å². The van der Waals surface area contributed by atoms with Gasteiger partial charge < -0.3 is 10.5 Å². The predicted molar refractivity (Wildman–Crippen MR) is 65.4 cm³/mol. The van der Waals surface area contributed by atoms with Crippen LogP contribution in [0.5, 0.6) is 5.88 Å². The average molecular weight is 300 g/mol. The van der Waals surface area contributed by atoms with E-state index in [4.69, 9.17) is 10.5 Å². The maximum absolute atomic E-state index is 5.83. The van der Waals surface area contributed by atoms with E-state index in [9.17, 15) is 0 Å². The first kappa shape index (κ1) is 9.51. The maximum Gasteiger partial charge on any atom is 0.213 e. The summed E-state index contributed by atoms with van der Waals surface area (Å²) in [6.07, 6.45) is 0. The molecule has 0 unspecified atom stereocenters. The molecule has 0 amide bonds. The van der Waals surface area contributed by atoms with Crippen LogP contribution in [-0.2, 0) is 0 Å². The lowest BCUT2D eigenvalue weighted by atomic mass is 10.2. The van der Waals surface area contributed by atoms with Gasteiger partial charge in [-0.1, -0.05) is 0 Å². The fourth-order valence-corrected chi connectivity index (χ4v) is 1.91. The van der Waals surface area contributed by atoms with E-state index in [2.05, 4.69) is 27.6 Å². The molecule has 0 saturated heterocycles. The molecular formula is C10H9IN2O. The maximum atomic E-state index is 5.83. The van der Waals surface area contributed by atoms with Gasteiger partial charge in [0.15, 0.2) is 0 Å². The van der Waals surface area contributed by atoms with Crippen LogP contribution in [0.15, 0.2) is 24.3 Å². The molecule has 2 N–H and O–H groups in total. The molecule has 0 fully saturated rings. The number of aromatic nitrogens is 1. The highest BCUT2D eigenvalue weighted by Crippen LogP contribution is 2.26. The standard InChI is InChI=1S/C10H9IN2O/c1-14-9-5-2-6-7(11)3-4-8(12)10(6)13-9/h2-5H,12H2,1H3. The second kappa shape index (κ2) is 3.61. The molecule has 0 bridgehead atoms. The van der Waals surface area contributed by atoms with Crippen molar-refractivity contribution in [2.75, 3.05) is 12.8 Å². The van der Waals surface area contributed by atoms with Gasteiger partial charge in [-0.15, -0.1) is 0 Å². The van der Waals surface area contributed by atoms with Crippen molar-refractivity contribution in [3.8, 4) is 5.88 Å². The first-order valence-electron chi connectivity index (χ1n) is 4.11. The summed E-state index contributed by atoms with van der Waals surface area (Å²) in [7, 11) is 1.60. The highest BCUT2D eigenvalue weighted by Gasteiger charge is 2.04. The lowest BCUT2D eigenvalue weighted by Crippen LogP contribution is -1.93. The normalized spacial score (nSPS) is 10.4. The van der Waals surface area contributed by atoms with E-state index in [1.54, 1.807) is 7.11 Å². The van der Waals surface area contributed by atoms with Crippen molar-refractivity contribution in [3.63, 3.8) is 0 Å². The Morgan fingerprint density at radius 1 is 1.29 bits per heavy atom. The van der Waals surface area contributed by atoms with Crippen LogP contribution >= 0.6 is 22.6 Å². The monoisotopic (exact) mass is 300 g/mol. The minimum absolute atomic E-state index is 0.589. The zero-order valence-electron chi connectivity index (χ0n) is 7.62. The van der Waals surface area contributed by atoms with Crippen LogP contribution in [0.1, 0.15) is 0 Å². The van der Waals surface area contributed by atoms with E-state index in [0.717, 1.165) is 14.5 Å². The summed E-state index contributed by atoms with van der Waals surface area (Å²) in [4.78, 5) is 4.30. The lowest BCUT2D eigenvalue weighted by Gasteiger charge is -2.05. The Bertz CT molecular complexity index is 485. The van der Waals surface area contributed by atoms with Crippen LogP contribution in [0, 0.1) is 3.57 Å². The van der Waals surface area contributed by atoms with Gasteiger partial charge in [0, 0.05) is 15.0 Å². The SMILES string of the molecule is COc1ccc2c(I)ccc(N)c2n1. The Kier molecular flexibility index (Phi) is 2.45. The Labute approximate surface area is 95.4 Å². The molecule has 1 aromatic heterocycles. The molecule has 2 rings (SSSR count). The highest BCUT2D eigenvalue weighted by molar-refractivity contribution is 14.1. The van der Waals surface area contributed by atoms with Gasteiger partial charge in [-0.3, -0.25) is 0 Å². The largest absolute Gasteiger partial charge is 0.481 e. The van der Waals surface area contributed by atoms with Gasteiger partial charge in [0.2, 0.25) is 5.88 Å². The van der Waals surface area contributed by atoms with Crippen LogP contribution in [0.4, 0.5) is 5.69 Å². The van der Waals surface area contributed by atoms with Crippen molar-refractivity contribution < 1.29 is 4.74 Å². The minimum Gasteiger partial charge on any atom is -0.481 e. The number of hydrogen-bond donors (Lipinski definition) is 1. The van der Waals surface area contributed by atoms with Crippen molar-refractivity contribution in [2.24, 2.45) is 0 Å². The van der Waals surface area contributed by atoms with E-state index in [1.807, 2.05) is 24.3 Å². The molecule has 0 aliphatic heterocycles. The fraction of sp³-hybridized carbons (Fsp3) is 0.100. The quantitative estimate of drug-likeness (QED) is 0.650. The van der Waals surface area contributed by atoms with Crippen molar-refractivity contribution in [3.05, 3.63) is 27.8 Å². The molecule has 0 atom stereocenters. The Morgan fingerprint density at radius 3 is 2.79 bits per heavy atom. The lowest BCUT2D eigenvalue weighted by molar-refractivity contribution is 0.399. The summed E-state index contributed by atoms with van der Waals surface area (Å²) in [5.41, 5.74) is 7.31. The predicted octanol–water partition coefficient (Wildman–Crippen LogP) is 2.43. The van der Waals surface area contributed by atoms with E-state index < -0.39 is 0 Å². The Hall–Kier alpha value is -1.04. The van der Waals surface area contributed by atoms with Crippen LogP contribution in [0.25, 0.3) is 10.9 Å². The van der Waals surface area contributed by atoms with Crippen LogP contribution in [0.2, 0.25) is 0 Å². The number of halogens is 1. The summed E-state index contributed by atoms with van der Waals surface area (Å²) in [5.74, 6) is 0.589. The highest BCUT2D eigenvalue weighted by atomic mass is 127. The summed E-state index contributed by atoms with van der Waals surface area (Å²) < 4.78 is 6.19. The second-order valence-corrected chi connectivity index (χ2v) is 4.05. The number of nitrogen functional groups attached to an aromatic ring is 1. The molecule has 4 heteroatoms. The summed E-state index contributed by atoms with van der Waals surface area (Å²) in [6, 6.07) is 7.65. The summed E-state index contributed by atoms with van der Waals surface area (Å²) in [6.45, 7) is 0. The van der Waals surface area contributed by atoms with Crippen molar-refractivity contribution in [2.45, 2.75) is 0 Å². The minimum atomic E-state index is 0.589. The molecule has 3 nitrogen and oxygen atoms in total. The number of methoxy groups -OCH3 is 1. The number of pyridine rings is 1. The summed E-state index contributed by atoms with van der Waals surface area (Å²) >= 11 is 2.26. The molecule has 0 aliphatic carbocycles. The number of anilines is 1. The molecule has 0 spiro atoms. The van der Waals surface area contributed by atoms with Gasteiger partial charge in [-0.05, 0) is 40.8 Å². The van der Waals surface area contributed by atoms with Gasteiger partial charge >= 0.3 is 0 Å². The number of nitrogens with zero attached hydrogens (tertiary/aromatic N) is 1. The van der Waals surface area contributed by atoms with Crippen molar-refractivity contribution >= 4 is 39.2 Å². The van der Waals surface area contributed by atoms with Crippen molar-refractivity contribution in [1.82, 2.24) is 4.98 Å². The zero-order valence-corrected chi connectivity index (χ0v) is 9.78. The summed E-state index contributed by atoms with van der Waals surface area (Å²) in [5, 5.41) is 1.06. The number of rotatable bonds is 1. The molecule has 0 aliphatic rings. The number of fused-ring (bicyclic) bond motifs is 1. The van der Waals surface area contributed by atoms with E-state index >= 15 is 0 Å². The van der Waals surface area contributed by atoms with Gasteiger partial charge in [0.05, 0.1) is 18.3 Å². The van der Waals surface area contributed by atoms with E-state index in [1.165, 1.54) is 0 Å². The van der Waals surface area contributed by atoms with Crippen LogP contribution < -0.4 is 10.5 Å². The molecule has 2 aromatic rings. The first-order valence-corrected chi connectivity index (χ1v) is 5.19. The number of benzene rings is 1. The Morgan fingerprint density at radius 2 is 2.07 bits per heavy atom. The van der Waals surface area contributed by atoms with Crippen LogP contribution in [0.3, 0.4) is 0 Å². The molecule has 0 radical (unpaired) electrons. The van der Waals surface area contributed by atoms with Gasteiger partial charge in [-0.25, -0.2) is 4.98 Å². The number of nitrogens with two attached hydrogens (primary N) is 1. The zero-order chi connectivity index (χ0) is 10.1. The van der Waals surface area contributed by atoms with E-state index in [0.29, 0.717) is 11.6 Å². The third kappa shape index (κ3) is 1.50. The number of ether oxygens (including phenoxy) is 1. The molecule has 1 heterocycles. The Balaban J connectivity index is 2.80.